The van der Waals surface area contributed by atoms with Crippen LogP contribution in [0.25, 0.3) is 0 Å². The van der Waals surface area contributed by atoms with Crippen molar-refractivity contribution in [2.24, 2.45) is 5.73 Å². The highest BCUT2D eigenvalue weighted by atomic mass is 19.1. The second-order valence-corrected chi connectivity index (χ2v) is 5.24. The Hall–Kier alpha value is -3.16. The second-order valence-electron chi connectivity index (χ2n) is 5.24. The third-order valence-electron chi connectivity index (χ3n) is 3.51. The van der Waals surface area contributed by atoms with Gasteiger partial charge in [-0.05, 0) is 12.1 Å². The molecule has 0 spiro atoms. The minimum absolute atomic E-state index is 0.160. The van der Waals surface area contributed by atoms with Crippen LogP contribution in [0.3, 0.4) is 0 Å². The molecule has 2 rings (SSSR count). The number of carbonyl (C=O) groups excluding carboxylic acids is 2. The van der Waals surface area contributed by atoms with Crippen LogP contribution in [0, 0.1) is 5.82 Å². The van der Waals surface area contributed by atoms with Crippen LogP contribution < -0.4 is 21.1 Å². The highest BCUT2D eigenvalue weighted by Gasteiger charge is 2.20. The molecule has 0 fully saturated rings. The number of amides is 3. The molecule has 1 heterocycles. The quantitative estimate of drug-likeness (QED) is 0.708. The lowest BCUT2D eigenvalue weighted by molar-refractivity contribution is -0.121. The minimum atomic E-state index is -0.866. The number of methoxy groups -OCH3 is 1. The summed E-state index contributed by atoms with van der Waals surface area (Å²) in [5.74, 6) is -0.500. The molecule has 1 aromatic heterocycles. The van der Waals surface area contributed by atoms with E-state index in [4.69, 9.17) is 10.5 Å². The van der Waals surface area contributed by atoms with Gasteiger partial charge in [-0.25, -0.2) is 14.2 Å². The van der Waals surface area contributed by atoms with Crippen molar-refractivity contribution < 1.29 is 18.7 Å². The van der Waals surface area contributed by atoms with Gasteiger partial charge in [-0.15, -0.1) is 0 Å². The Morgan fingerprint density at radius 2 is 2.04 bits per heavy atom. The molecule has 0 aliphatic rings. The summed E-state index contributed by atoms with van der Waals surface area (Å²) in [6.45, 7) is 0.191. The third-order valence-corrected chi connectivity index (χ3v) is 3.51. The Bertz CT molecular complexity index is 754. The minimum Gasteiger partial charge on any atom is -0.481 e. The van der Waals surface area contributed by atoms with E-state index >= 15 is 0 Å². The van der Waals surface area contributed by atoms with Crippen LogP contribution in [0.15, 0.2) is 42.6 Å². The zero-order valence-corrected chi connectivity index (χ0v) is 13.7. The number of nitrogens with zero attached hydrogens (tertiary/aromatic N) is 1. The van der Waals surface area contributed by atoms with Crippen LogP contribution in [-0.2, 0) is 11.3 Å². The number of primary amides is 1. The Kier molecular flexibility index (Phi) is 6.27. The van der Waals surface area contributed by atoms with Gasteiger partial charge in [0.2, 0.25) is 11.8 Å². The Balaban J connectivity index is 2.04. The van der Waals surface area contributed by atoms with E-state index in [9.17, 15) is 14.0 Å². The van der Waals surface area contributed by atoms with E-state index in [2.05, 4.69) is 15.6 Å². The second kappa shape index (κ2) is 8.62. The van der Waals surface area contributed by atoms with Gasteiger partial charge in [0.05, 0.1) is 19.6 Å². The van der Waals surface area contributed by atoms with Crippen molar-refractivity contribution in [3.63, 3.8) is 0 Å². The molecule has 0 bridgehead atoms. The zero-order valence-electron chi connectivity index (χ0n) is 13.7. The maximum Gasteiger partial charge on any atom is 0.312 e. The van der Waals surface area contributed by atoms with Crippen molar-refractivity contribution in [2.45, 2.75) is 19.0 Å². The molecule has 0 radical (unpaired) electrons. The van der Waals surface area contributed by atoms with Gasteiger partial charge < -0.3 is 21.1 Å². The van der Waals surface area contributed by atoms with E-state index in [1.165, 1.54) is 25.3 Å². The molecule has 0 aliphatic carbocycles. The van der Waals surface area contributed by atoms with Crippen molar-refractivity contribution in [2.75, 3.05) is 7.11 Å². The molecule has 1 aromatic carbocycles. The van der Waals surface area contributed by atoms with Gasteiger partial charge in [0.25, 0.3) is 0 Å². The molecule has 4 N–H and O–H groups in total. The van der Waals surface area contributed by atoms with Gasteiger partial charge >= 0.3 is 6.03 Å². The SMILES string of the molecule is COc1ncccc1CNC(=O)C[C@@H](NC(N)=O)c1ccccc1F. The van der Waals surface area contributed by atoms with Gasteiger partial charge in [0, 0.05) is 23.9 Å². The van der Waals surface area contributed by atoms with Gasteiger partial charge in [0.15, 0.2) is 0 Å². The first-order chi connectivity index (χ1) is 12.0. The van der Waals surface area contributed by atoms with Crippen molar-refractivity contribution >= 4 is 11.9 Å². The Morgan fingerprint density at radius 1 is 1.28 bits per heavy atom. The standard InChI is InChI=1S/C17H19FN4O3/c1-25-16-11(5-4-8-20-16)10-21-15(23)9-14(22-17(19)24)12-6-2-3-7-13(12)18/h2-8,14H,9-10H2,1H3,(H,21,23)(H3,19,22,24)/t14-/m1/s1. The molecule has 2 aromatic rings. The number of rotatable bonds is 7. The van der Waals surface area contributed by atoms with Crippen molar-refractivity contribution in [3.8, 4) is 5.88 Å². The predicted octanol–water partition coefficient (Wildman–Crippen LogP) is 1.65. The van der Waals surface area contributed by atoms with E-state index in [1.807, 2.05) is 0 Å². The maximum atomic E-state index is 13.9. The van der Waals surface area contributed by atoms with E-state index in [1.54, 1.807) is 24.4 Å². The fraction of sp³-hybridized carbons (Fsp3) is 0.235. The summed E-state index contributed by atoms with van der Waals surface area (Å²) in [6.07, 6.45) is 1.42. The van der Waals surface area contributed by atoms with Crippen molar-refractivity contribution in [1.82, 2.24) is 15.6 Å². The molecule has 0 unspecified atom stereocenters. The van der Waals surface area contributed by atoms with Gasteiger partial charge in [0.1, 0.15) is 5.82 Å². The van der Waals surface area contributed by atoms with E-state index in [0.717, 1.165) is 0 Å². The number of halogens is 1. The highest BCUT2D eigenvalue weighted by Crippen LogP contribution is 2.20. The molecule has 8 heteroatoms. The number of hydrogen-bond acceptors (Lipinski definition) is 4. The lowest BCUT2D eigenvalue weighted by Gasteiger charge is -2.18. The summed E-state index contributed by atoms with van der Waals surface area (Å²) >= 11 is 0. The number of nitrogens with two attached hydrogens (primary N) is 1. The average molecular weight is 346 g/mol. The molecule has 0 saturated heterocycles. The molecule has 7 nitrogen and oxygen atoms in total. The molecule has 3 amide bonds. The maximum absolute atomic E-state index is 13.9. The fourth-order valence-corrected chi connectivity index (χ4v) is 2.36. The largest absolute Gasteiger partial charge is 0.481 e. The fourth-order valence-electron chi connectivity index (χ4n) is 2.36. The molecular formula is C17H19FN4O3. The third kappa shape index (κ3) is 5.17. The number of nitrogens with one attached hydrogen (secondary N) is 2. The first kappa shape index (κ1) is 18.2. The number of hydrogen-bond donors (Lipinski definition) is 3. The normalized spacial score (nSPS) is 11.4. The number of pyridine rings is 1. The lowest BCUT2D eigenvalue weighted by atomic mass is 10.0. The lowest BCUT2D eigenvalue weighted by Crippen LogP contribution is -2.37. The summed E-state index contributed by atoms with van der Waals surface area (Å²) in [4.78, 5) is 27.4. The summed E-state index contributed by atoms with van der Waals surface area (Å²) < 4.78 is 19.1. The molecular weight excluding hydrogens is 327 g/mol. The monoisotopic (exact) mass is 346 g/mol. The van der Waals surface area contributed by atoms with Crippen molar-refractivity contribution in [3.05, 3.63) is 59.5 Å². The van der Waals surface area contributed by atoms with E-state index in [0.29, 0.717) is 11.4 Å². The number of carbonyl (C=O) groups is 2. The summed E-state index contributed by atoms with van der Waals surface area (Å²) in [5.41, 5.74) is 6.02. The molecule has 132 valence electrons. The summed E-state index contributed by atoms with van der Waals surface area (Å²) in [5, 5.41) is 5.08. The van der Waals surface area contributed by atoms with Crippen LogP contribution in [0.5, 0.6) is 5.88 Å². The van der Waals surface area contributed by atoms with Crippen LogP contribution >= 0.6 is 0 Å². The zero-order chi connectivity index (χ0) is 18.2. The van der Waals surface area contributed by atoms with Gasteiger partial charge in [-0.3, -0.25) is 4.79 Å². The van der Waals surface area contributed by atoms with Gasteiger partial charge in [-0.1, -0.05) is 24.3 Å². The van der Waals surface area contributed by atoms with Gasteiger partial charge in [-0.2, -0.15) is 0 Å². The van der Waals surface area contributed by atoms with Crippen molar-refractivity contribution in [1.29, 1.82) is 0 Å². The smallest absolute Gasteiger partial charge is 0.312 e. The number of urea groups is 1. The number of ether oxygens (including phenoxy) is 1. The topological polar surface area (TPSA) is 106 Å². The summed E-state index contributed by atoms with van der Waals surface area (Å²) in [6, 6.07) is 7.67. The highest BCUT2D eigenvalue weighted by molar-refractivity contribution is 5.78. The molecule has 0 aliphatic heterocycles. The first-order valence-corrected chi connectivity index (χ1v) is 7.56. The predicted molar refractivity (Wildman–Crippen MR) is 89.1 cm³/mol. The number of benzene rings is 1. The van der Waals surface area contributed by atoms with Crippen LogP contribution in [-0.4, -0.2) is 24.0 Å². The Morgan fingerprint density at radius 3 is 2.72 bits per heavy atom. The number of aromatic nitrogens is 1. The molecule has 0 saturated carbocycles. The Labute approximate surface area is 144 Å². The van der Waals surface area contributed by atoms with Crippen LogP contribution in [0.2, 0.25) is 0 Å². The first-order valence-electron chi connectivity index (χ1n) is 7.56. The molecule has 25 heavy (non-hydrogen) atoms. The van der Waals surface area contributed by atoms with Crippen LogP contribution in [0.1, 0.15) is 23.6 Å². The molecule has 1 atom stereocenters. The van der Waals surface area contributed by atoms with E-state index in [-0.39, 0.29) is 24.4 Å². The average Bonchev–Trinajstić information content (AvgIpc) is 2.59. The summed E-state index contributed by atoms with van der Waals surface area (Å²) in [7, 11) is 1.48. The van der Waals surface area contributed by atoms with Crippen LogP contribution in [0.4, 0.5) is 9.18 Å². The van der Waals surface area contributed by atoms with E-state index < -0.39 is 17.9 Å².